The summed E-state index contributed by atoms with van der Waals surface area (Å²) in [5, 5.41) is 4.41. The van der Waals surface area contributed by atoms with Gasteiger partial charge >= 0.3 is 0 Å². The summed E-state index contributed by atoms with van der Waals surface area (Å²) in [6.45, 7) is 0.619. The first-order chi connectivity index (χ1) is 16.2. The van der Waals surface area contributed by atoms with E-state index in [0.29, 0.717) is 18.1 Å². The normalized spacial score (nSPS) is 10.8. The lowest BCUT2D eigenvalue weighted by molar-refractivity contribution is 0.414. The van der Waals surface area contributed by atoms with Crippen molar-refractivity contribution in [1.29, 1.82) is 0 Å². The summed E-state index contributed by atoms with van der Waals surface area (Å²) in [5.41, 5.74) is 4.11. The van der Waals surface area contributed by atoms with Crippen LogP contribution in [0.25, 0.3) is 33.6 Å². The molecule has 1 N–H and O–H groups in total. The van der Waals surface area contributed by atoms with Crippen LogP contribution in [0.3, 0.4) is 0 Å². The van der Waals surface area contributed by atoms with Gasteiger partial charge in [0.2, 0.25) is 0 Å². The molecular formula is C27H23N3O3. The van der Waals surface area contributed by atoms with E-state index in [1.165, 1.54) is 0 Å². The summed E-state index contributed by atoms with van der Waals surface area (Å²) < 4.78 is 16.1. The second-order valence-electron chi connectivity index (χ2n) is 7.54. The molecule has 0 atom stereocenters. The Hall–Kier alpha value is -4.32. The number of ether oxygens (including phenoxy) is 2. The molecule has 0 aliphatic carbocycles. The summed E-state index contributed by atoms with van der Waals surface area (Å²) in [7, 11) is 3.33. The van der Waals surface area contributed by atoms with Crippen LogP contribution in [0.15, 0.2) is 89.5 Å². The SMILES string of the molecule is COc1ccc(CNc2nc(-c3ccco3)nc3cc(-c4ccc(OC)cc4)ccc23)cc1. The van der Waals surface area contributed by atoms with Crippen molar-refractivity contribution >= 4 is 16.7 Å². The maximum Gasteiger partial charge on any atom is 0.198 e. The third-order valence-corrected chi connectivity index (χ3v) is 5.48. The lowest BCUT2D eigenvalue weighted by Gasteiger charge is -2.12. The Balaban J connectivity index is 1.53. The van der Waals surface area contributed by atoms with Crippen molar-refractivity contribution in [2.45, 2.75) is 6.54 Å². The largest absolute Gasteiger partial charge is 0.497 e. The molecule has 0 spiro atoms. The zero-order valence-electron chi connectivity index (χ0n) is 18.4. The zero-order valence-corrected chi connectivity index (χ0v) is 18.4. The van der Waals surface area contributed by atoms with Gasteiger partial charge in [-0.05, 0) is 65.2 Å². The summed E-state index contributed by atoms with van der Waals surface area (Å²) in [5.74, 6) is 3.57. The van der Waals surface area contributed by atoms with Crippen molar-refractivity contribution in [3.05, 3.63) is 90.7 Å². The summed E-state index contributed by atoms with van der Waals surface area (Å²) >= 11 is 0. The van der Waals surface area contributed by atoms with Gasteiger partial charge < -0.3 is 19.2 Å². The Morgan fingerprint density at radius 2 is 1.48 bits per heavy atom. The van der Waals surface area contributed by atoms with Gasteiger partial charge in [-0.25, -0.2) is 9.97 Å². The van der Waals surface area contributed by atoms with Crippen molar-refractivity contribution in [3.8, 4) is 34.2 Å². The van der Waals surface area contributed by atoms with Crippen molar-refractivity contribution < 1.29 is 13.9 Å². The van der Waals surface area contributed by atoms with E-state index in [1.54, 1.807) is 20.5 Å². The van der Waals surface area contributed by atoms with Gasteiger partial charge in [-0.2, -0.15) is 0 Å². The predicted octanol–water partition coefficient (Wildman–Crippen LogP) is 6.19. The van der Waals surface area contributed by atoms with E-state index in [1.807, 2.05) is 60.7 Å². The minimum atomic E-state index is 0.539. The molecule has 0 fully saturated rings. The topological polar surface area (TPSA) is 69.4 Å². The van der Waals surface area contributed by atoms with Crippen molar-refractivity contribution in [1.82, 2.24) is 9.97 Å². The van der Waals surface area contributed by atoms with E-state index in [4.69, 9.17) is 23.9 Å². The quantitative estimate of drug-likeness (QED) is 0.328. The third kappa shape index (κ3) is 4.36. The van der Waals surface area contributed by atoms with Crippen LogP contribution >= 0.6 is 0 Å². The molecule has 164 valence electrons. The van der Waals surface area contributed by atoms with Crippen molar-refractivity contribution in [3.63, 3.8) is 0 Å². The van der Waals surface area contributed by atoms with Gasteiger partial charge in [0.15, 0.2) is 11.6 Å². The van der Waals surface area contributed by atoms with E-state index < -0.39 is 0 Å². The molecule has 0 saturated heterocycles. The highest BCUT2D eigenvalue weighted by Crippen LogP contribution is 2.30. The van der Waals surface area contributed by atoms with Gasteiger partial charge in [-0.1, -0.05) is 30.3 Å². The highest BCUT2D eigenvalue weighted by Gasteiger charge is 2.13. The molecule has 0 saturated carbocycles. The average molecular weight is 437 g/mol. The molecule has 0 unspecified atom stereocenters. The Morgan fingerprint density at radius 1 is 0.788 bits per heavy atom. The first-order valence-corrected chi connectivity index (χ1v) is 10.6. The van der Waals surface area contributed by atoms with Crippen LogP contribution in [-0.2, 0) is 6.54 Å². The van der Waals surface area contributed by atoms with Crippen LogP contribution in [-0.4, -0.2) is 24.2 Å². The molecule has 33 heavy (non-hydrogen) atoms. The monoisotopic (exact) mass is 437 g/mol. The Kier molecular flexibility index (Phi) is 5.64. The lowest BCUT2D eigenvalue weighted by atomic mass is 10.0. The number of aromatic nitrogens is 2. The van der Waals surface area contributed by atoms with E-state index in [0.717, 1.165) is 44.9 Å². The van der Waals surface area contributed by atoms with Crippen LogP contribution in [0.1, 0.15) is 5.56 Å². The highest BCUT2D eigenvalue weighted by atomic mass is 16.5. The summed E-state index contributed by atoms with van der Waals surface area (Å²) in [6, 6.07) is 25.9. The van der Waals surface area contributed by atoms with Gasteiger partial charge in [0, 0.05) is 11.9 Å². The Bertz CT molecular complexity index is 1360. The highest BCUT2D eigenvalue weighted by molar-refractivity contribution is 5.93. The number of hydrogen-bond donors (Lipinski definition) is 1. The fraction of sp³-hybridized carbons (Fsp3) is 0.111. The predicted molar refractivity (Wildman–Crippen MR) is 130 cm³/mol. The fourth-order valence-electron chi connectivity index (χ4n) is 3.67. The van der Waals surface area contributed by atoms with E-state index in [9.17, 15) is 0 Å². The van der Waals surface area contributed by atoms with Crippen LogP contribution in [0.4, 0.5) is 5.82 Å². The Morgan fingerprint density at radius 3 is 2.15 bits per heavy atom. The maximum absolute atomic E-state index is 5.57. The molecule has 3 aromatic carbocycles. The molecule has 2 aromatic heterocycles. The van der Waals surface area contributed by atoms with Gasteiger partial charge in [-0.15, -0.1) is 0 Å². The first-order valence-electron chi connectivity index (χ1n) is 10.6. The molecule has 5 aromatic rings. The maximum atomic E-state index is 5.57. The van der Waals surface area contributed by atoms with Crippen molar-refractivity contribution in [2.24, 2.45) is 0 Å². The second-order valence-corrected chi connectivity index (χ2v) is 7.54. The number of rotatable bonds is 7. The molecule has 2 heterocycles. The van der Waals surface area contributed by atoms with E-state index >= 15 is 0 Å². The van der Waals surface area contributed by atoms with E-state index in [2.05, 4.69) is 23.5 Å². The Labute approximate surface area is 191 Å². The molecule has 6 heteroatoms. The van der Waals surface area contributed by atoms with Gasteiger partial charge in [-0.3, -0.25) is 0 Å². The van der Waals surface area contributed by atoms with Crippen LogP contribution in [0.2, 0.25) is 0 Å². The number of nitrogens with zero attached hydrogens (tertiary/aromatic N) is 2. The lowest BCUT2D eigenvalue weighted by Crippen LogP contribution is -2.04. The minimum absolute atomic E-state index is 0.539. The van der Waals surface area contributed by atoms with Crippen LogP contribution < -0.4 is 14.8 Å². The fourth-order valence-corrected chi connectivity index (χ4v) is 3.67. The van der Waals surface area contributed by atoms with Crippen molar-refractivity contribution in [2.75, 3.05) is 19.5 Å². The zero-order chi connectivity index (χ0) is 22.6. The van der Waals surface area contributed by atoms with E-state index in [-0.39, 0.29) is 0 Å². The molecule has 0 amide bonds. The minimum Gasteiger partial charge on any atom is -0.497 e. The molecule has 5 rings (SSSR count). The number of methoxy groups -OCH3 is 2. The number of hydrogen-bond acceptors (Lipinski definition) is 6. The molecule has 0 aliphatic heterocycles. The van der Waals surface area contributed by atoms with Crippen LogP contribution in [0, 0.1) is 0 Å². The summed E-state index contributed by atoms with van der Waals surface area (Å²) in [6.07, 6.45) is 1.63. The third-order valence-electron chi connectivity index (χ3n) is 5.48. The average Bonchev–Trinajstić information content (AvgIpc) is 3.42. The molecule has 0 bridgehead atoms. The smallest absolute Gasteiger partial charge is 0.198 e. The number of furan rings is 1. The van der Waals surface area contributed by atoms with Gasteiger partial charge in [0.25, 0.3) is 0 Å². The molecule has 0 radical (unpaired) electrons. The number of nitrogens with one attached hydrogen (secondary N) is 1. The van der Waals surface area contributed by atoms with Gasteiger partial charge in [0.1, 0.15) is 17.3 Å². The van der Waals surface area contributed by atoms with Crippen LogP contribution in [0.5, 0.6) is 11.5 Å². The molecular weight excluding hydrogens is 414 g/mol. The van der Waals surface area contributed by atoms with Gasteiger partial charge in [0.05, 0.1) is 26.0 Å². The first kappa shape index (κ1) is 20.6. The number of anilines is 1. The summed E-state index contributed by atoms with van der Waals surface area (Å²) in [4.78, 5) is 9.55. The standard InChI is InChI=1S/C27H23N3O3/c1-31-21-10-5-18(6-11-21)17-28-26-23-14-9-20(19-7-12-22(32-2)13-8-19)16-24(23)29-27(30-26)25-4-3-15-33-25/h3-16H,17H2,1-2H3,(H,28,29,30). The number of fused-ring (bicyclic) bond motifs is 1. The second kappa shape index (κ2) is 9.04. The molecule has 0 aliphatic rings. The molecule has 6 nitrogen and oxygen atoms in total. The number of benzene rings is 3.